The van der Waals surface area contributed by atoms with Crippen LogP contribution < -0.4 is 5.32 Å². The molecule has 0 aromatic heterocycles. The van der Waals surface area contributed by atoms with E-state index < -0.39 is 0 Å². The van der Waals surface area contributed by atoms with Gasteiger partial charge in [-0.15, -0.1) is 0 Å². The first-order chi connectivity index (χ1) is 8.58. The van der Waals surface area contributed by atoms with Gasteiger partial charge in [-0.3, -0.25) is 0 Å². The molecule has 4 nitrogen and oxygen atoms in total. The Bertz CT molecular complexity index is 210. The maximum Gasteiger partial charge on any atom is 0.0813 e. The van der Waals surface area contributed by atoms with E-state index in [1.165, 1.54) is 0 Å². The third-order valence-electron chi connectivity index (χ3n) is 3.11. The van der Waals surface area contributed by atoms with Crippen molar-refractivity contribution in [2.45, 2.75) is 38.9 Å². The van der Waals surface area contributed by atoms with E-state index in [9.17, 15) is 0 Å². The Kier molecular flexibility index (Phi) is 7.82. The lowest BCUT2D eigenvalue weighted by Gasteiger charge is -2.16. The maximum absolute atomic E-state index is 5.95. The van der Waals surface area contributed by atoms with Crippen LogP contribution in [0.1, 0.15) is 26.7 Å². The van der Waals surface area contributed by atoms with Gasteiger partial charge in [0, 0.05) is 13.1 Å². The Labute approximate surface area is 112 Å². The van der Waals surface area contributed by atoms with Gasteiger partial charge in [0.2, 0.25) is 0 Å². The van der Waals surface area contributed by atoms with Crippen LogP contribution in [0.15, 0.2) is 0 Å². The first kappa shape index (κ1) is 15.9. The second kappa shape index (κ2) is 8.86. The van der Waals surface area contributed by atoms with Crippen LogP contribution in [-0.2, 0) is 9.47 Å². The van der Waals surface area contributed by atoms with Crippen molar-refractivity contribution in [3.05, 3.63) is 0 Å². The molecule has 1 aliphatic heterocycles. The molecule has 4 heteroatoms. The summed E-state index contributed by atoms with van der Waals surface area (Å²) < 4.78 is 11.6. The first-order valence-corrected chi connectivity index (χ1v) is 7.16. The van der Waals surface area contributed by atoms with E-state index in [0.29, 0.717) is 18.1 Å². The van der Waals surface area contributed by atoms with Crippen molar-refractivity contribution in [3.63, 3.8) is 0 Å². The lowest BCUT2D eigenvalue weighted by molar-refractivity contribution is -0.0165. The third kappa shape index (κ3) is 7.31. The summed E-state index contributed by atoms with van der Waals surface area (Å²) in [5.74, 6) is 0.705. The molecule has 1 N–H and O–H groups in total. The average Bonchev–Trinajstić information content (AvgIpc) is 2.72. The predicted octanol–water partition coefficient (Wildman–Crippen LogP) is 1.36. The van der Waals surface area contributed by atoms with Gasteiger partial charge in [0.05, 0.1) is 25.4 Å². The predicted molar refractivity (Wildman–Crippen MR) is 75.0 cm³/mol. The second-order valence-corrected chi connectivity index (χ2v) is 5.89. The molecule has 18 heavy (non-hydrogen) atoms. The standard InChI is InChI=1S/C14H30N2O2/c1-12(2)9-15-10-13-5-6-14(18-13)11-17-8-7-16(3)4/h12-15H,5-11H2,1-4H3. The summed E-state index contributed by atoms with van der Waals surface area (Å²) in [6.45, 7) is 9.02. The minimum Gasteiger partial charge on any atom is -0.377 e. The van der Waals surface area contributed by atoms with Crippen LogP contribution in [0.25, 0.3) is 0 Å². The zero-order valence-corrected chi connectivity index (χ0v) is 12.4. The molecular weight excluding hydrogens is 228 g/mol. The van der Waals surface area contributed by atoms with E-state index in [-0.39, 0.29) is 0 Å². The van der Waals surface area contributed by atoms with Gasteiger partial charge >= 0.3 is 0 Å². The number of hydrogen-bond donors (Lipinski definition) is 1. The molecule has 0 amide bonds. The molecule has 0 aromatic carbocycles. The van der Waals surface area contributed by atoms with Crippen LogP contribution in [0.2, 0.25) is 0 Å². The van der Waals surface area contributed by atoms with Crippen molar-refractivity contribution in [1.82, 2.24) is 10.2 Å². The fourth-order valence-electron chi connectivity index (χ4n) is 2.05. The highest BCUT2D eigenvalue weighted by Crippen LogP contribution is 2.19. The molecule has 1 fully saturated rings. The Balaban J connectivity index is 1.99. The normalized spacial score (nSPS) is 24.3. The van der Waals surface area contributed by atoms with Crippen LogP contribution in [0.5, 0.6) is 0 Å². The molecule has 0 bridgehead atoms. The second-order valence-electron chi connectivity index (χ2n) is 5.89. The average molecular weight is 258 g/mol. The number of ether oxygens (including phenoxy) is 2. The van der Waals surface area contributed by atoms with Gasteiger partial charge < -0.3 is 19.7 Å². The number of hydrogen-bond acceptors (Lipinski definition) is 4. The number of nitrogens with zero attached hydrogens (tertiary/aromatic N) is 1. The van der Waals surface area contributed by atoms with Crippen molar-refractivity contribution >= 4 is 0 Å². The summed E-state index contributed by atoms with van der Waals surface area (Å²) in [7, 11) is 4.12. The van der Waals surface area contributed by atoms with Crippen LogP contribution in [-0.4, -0.2) is 64.1 Å². The van der Waals surface area contributed by atoms with E-state index in [0.717, 1.165) is 45.7 Å². The molecule has 0 aromatic rings. The Morgan fingerprint density at radius 3 is 2.67 bits per heavy atom. The highest BCUT2D eigenvalue weighted by Gasteiger charge is 2.24. The smallest absolute Gasteiger partial charge is 0.0813 e. The Morgan fingerprint density at radius 2 is 2.00 bits per heavy atom. The lowest BCUT2D eigenvalue weighted by atomic mass is 10.2. The van der Waals surface area contributed by atoms with E-state index in [1.54, 1.807) is 0 Å². The SMILES string of the molecule is CC(C)CNCC1CCC(COCCN(C)C)O1. The summed E-state index contributed by atoms with van der Waals surface area (Å²) >= 11 is 0. The van der Waals surface area contributed by atoms with Gasteiger partial charge in [0.1, 0.15) is 0 Å². The molecule has 1 rings (SSSR count). The van der Waals surface area contributed by atoms with E-state index in [1.807, 2.05) is 0 Å². The van der Waals surface area contributed by atoms with E-state index in [4.69, 9.17) is 9.47 Å². The molecule has 2 unspecified atom stereocenters. The summed E-state index contributed by atoms with van der Waals surface area (Å²) in [5, 5.41) is 3.46. The molecule has 1 saturated heterocycles. The van der Waals surface area contributed by atoms with Crippen molar-refractivity contribution in [3.8, 4) is 0 Å². The number of likely N-dealkylation sites (N-methyl/N-ethyl adjacent to an activating group) is 1. The summed E-state index contributed by atoms with van der Waals surface area (Å²) in [4.78, 5) is 2.13. The van der Waals surface area contributed by atoms with Crippen LogP contribution in [0.4, 0.5) is 0 Å². The van der Waals surface area contributed by atoms with Gasteiger partial charge in [-0.05, 0) is 39.4 Å². The quantitative estimate of drug-likeness (QED) is 0.633. The highest BCUT2D eigenvalue weighted by molar-refractivity contribution is 4.75. The topological polar surface area (TPSA) is 33.7 Å². The summed E-state index contributed by atoms with van der Waals surface area (Å²) in [5.41, 5.74) is 0. The van der Waals surface area contributed by atoms with E-state index in [2.05, 4.69) is 38.2 Å². The molecule has 1 aliphatic rings. The molecule has 2 atom stereocenters. The molecule has 0 aliphatic carbocycles. The zero-order valence-electron chi connectivity index (χ0n) is 12.4. The van der Waals surface area contributed by atoms with Crippen LogP contribution in [0.3, 0.4) is 0 Å². The number of rotatable bonds is 9. The van der Waals surface area contributed by atoms with Gasteiger partial charge in [-0.1, -0.05) is 13.8 Å². The largest absolute Gasteiger partial charge is 0.377 e. The summed E-state index contributed by atoms with van der Waals surface area (Å²) in [6, 6.07) is 0. The summed E-state index contributed by atoms with van der Waals surface area (Å²) in [6.07, 6.45) is 2.98. The fourth-order valence-corrected chi connectivity index (χ4v) is 2.05. The Morgan fingerprint density at radius 1 is 1.28 bits per heavy atom. The minimum atomic E-state index is 0.304. The van der Waals surface area contributed by atoms with Crippen molar-refractivity contribution in [2.24, 2.45) is 5.92 Å². The van der Waals surface area contributed by atoms with Crippen LogP contribution >= 0.6 is 0 Å². The molecule has 0 spiro atoms. The fraction of sp³-hybridized carbons (Fsp3) is 1.00. The van der Waals surface area contributed by atoms with Gasteiger partial charge in [0.15, 0.2) is 0 Å². The van der Waals surface area contributed by atoms with Gasteiger partial charge in [-0.2, -0.15) is 0 Å². The van der Waals surface area contributed by atoms with Crippen molar-refractivity contribution in [2.75, 3.05) is 46.9 Å². The van der Waals surface area contributed by atoms with Crippen LogP contribution in [0, 0.1) is 5.92 Å². The first-order valence-electron chi connectivity index (χ1n) is 7.16. The molecule has 108 valence electrons. The number of nitrogens with one attached hydrogen (secondary N) is 1. The van der Waals surface area contributed by atoms with Gasteiger partial charge in [-0.25, -0.2) is 0 Å². The maximum atomic E-state index is 5.95. The van der Waals surface area contributed by atoms with Gasteiger partial charge in [0.25, 0.3) is 0 Å². The minimum absolute atomic E-state index is 0.304. The van der Waals surface area contributed by atoms with E-state index >= 15 is 0 Å². The zero-order chi connectivity index (χ0) is 13.4. The lowest BCUT2D eigenvalue weighted by Crippen LogP contribution is -2.30. The highest BCUT2D eigenvalue weighted by atomic mass is 16.5. The van der Waals surface area contributed by atoms with Crippen molar-refractivity contribution in [1.29, 1.82) is 0 Å². The molecule has 1 heterocycles. The molecule has 0 saturated carbocycles. The third-order valence-corrected chi connectivity index (χ3v) is 3.11. The van der Waals surface area contributed by atoms with Crippen molar-refractivity contribution < 1.29 is 9.47 Å². The Hall–Kier alpha value is -0.160. The monoisotopic (exact) mass is 258 g/mol. The molecule has 0 radical (unpaired) electrons. The molecular formula is C14H30N2O2.